The van der Waals surface area contributed by atoms with E-state index in [9.17, 15) is 22.8 Å². The van der Waals surface area contributed by atoms with Gasteiger partial charge in [0, 0.05) is 29.7 Å². The molecule has 1 aliphatic heterocycles. The molecule has 138 valence electrons. The molecule has 0 saturated heterocycles. The number of nitrogens with one attached hydrogen (secondary N) is 1. The number of rotatable bonds is 4. The van der Waals surface area contributed by atoms with Crippen LogP contribution in [0.4, 0.5) is 23.7 Å². The molecule has 25 heavy (non-hydrogen) atoms. The zero-order chi connectivity index (χ0) is 18.4. The number of amides is 2. The number of hydrogen-bond donors (Lipinski definition) is 1. The Bertz CT molecular complexity index is 625. The van der Waals surface area contributed by atoms with E-state index in [1.54, 1.807) is 16.7 Å². The average molecular weight is 376 g/mol. The number of alkyl carbamates (subject to hydrolysis) is 1. The minimum atomic E-state index is -4.57. The van der Waals surface area contributed by atoms with Crippen molar-refractivity contribution < 1.29 is 27.5 Å². The SMILES string of the molecule is CC1CCN(C(=O)CCNC(=O)OCC(F)(F)F)c2ccccc2S1. The van der Waals surface area contributed by atoms with Crippen LogP contribution in [0.3, 0.4) is 0 Å². The number of carbonyl (C=O) groups excluding carboxylic acids is 2. The fraction of sp³-hybridized carbons (Fsp3) is 0.500. The topological polar surface area (TPSA) is 58.6 Å². The monoisotopic (exact) mass is 376 g/mol. The molecule has 1 aromatic carbocycles. The summed E-state index contributed by atoms with van der Waals surface area (Å²) in [5.74, 6) is -0.196. The lowest BCUT2D eigenvalue weighted by atomic mass is 10.2. The van der Waals surface area contributed by atoms with E-state index in [2.05, 4.69) is 17.0 Å². The summed E-state index contributed by atoms with van der Waals surface area (Å²) in [5.41, 5.74) is 0.821. The molecular weight excluding hydrogens is 357 g/mol. The molecule has 0 aliphatic carbocycles. The van der Waals surface area contributed by atoms with Crippen LogP contribution >= 0.6 is 11.8 Å². The summed E-state index contributed by atoms with van der Waals surface area (Å²) in [4.78, 5) is 26.3. The van der Waals surface area contributed by atoms with Crippen molar-refractivity contribution >= 4 is 29.4 Å². The Morgan fingerprint density at radius 2 is 2.08 bits per heavy atom. The molecule has 0 spiro atoms. The lowest BCUT2D eigenvalue weighted by molar-refractivity contribution is -0.160. The van der Waals surface area contributed by atoms with Crippen LogP contribution in [0.1, 0.15) is 19.8 Å². The molecule has 9 heteroatoms. The van der Waals surface area contributed by atoms with Gasteiger partial charge >= 0.3 is 12.3 Å². The first-order valence-electron chi connectivity index (χ1n) is 7.79. The summed E-state index contributed by atoms with van der Waals surface area (Å²) in [5, 5.41) is 2.53. The fourth-order valence-electron chi connectivity index (χ4n) is 2.35. The number of thioether (sulfide) groups is 1. The molecule has 1 aliphatic rings. The third-order valence-corrected chi connectivity index (χ3v) is 4.76. The van der Waals surface area contributed by atoms with Crippen molar-refractivity contribution in [2.24, 2.45) is 0 Å². The van der Waals surface area contributed by atoms with Crippen molar-refractivity contribution in [2.75, 3.05) is 24.6 Å². The first-order valence-corrected chi connectivity index (χ1v) is 8.67. The van der Waals surface area contributed by atoms with E-state index >= 15 is 0 Å². The predicted octanol–water partition coefficient (Wildman–Crippen LogP) is 3.58. The van der Waals surface area contributed by atoms with Gasteiger partial charge in [-0.3, -0.25) is 4.79 Å². The van der Waals surface area contributed by atoms with Crippen molar-refractivity contribution in [1.82, 2.24) is 5.32 Å². The van der Waals surface area contributed by atoms with Gasteiger partial charge in [0.1, 0.15) is 0 Å². The van der Waals surface area contributed by atoms with Gasteiger partial charge in [0.15, 0.2) is 6.61 Å². The first kappa shape index (κ1) is 19.4. The summed E-state index contributed by atoms with van der Waals surface area (Å²) in [6.45, 7) is 0.911. The zero-order valence-corrected chi connectivity index (χ0v) is 14.5. The van der Waals surface area contributed by atoms with Crippen LogP contribution in [-0.4, -0.2) is 43.1 Å². The number of anilines is 1. The molecule has 1 atom stereocenters. The Kier molecular flexibility index (Phi) is 6.57. The van der Waals surface area contributed by atoms with E-state index in [-0.39, 0.29) is 18.9 Å². The molecule has 1 N–H and O–H groups in total. The number of ether oxygens (including phenoxy) is 1. The summed E-state index contributed by atoms with van der Waals surface area (Å²) < 4.78 is 39.9. The summed E-state index contributed by atoms with van der Waals surface area (Å²) in [6, 6.07) is 7.57. The van der Waals surface area contributed by atoms with Gasteiger partial charge in [-0.25, -0.2) is 4.79 Å². The Hall–Kier alpha value is -1.90. The molecule has 0 radical (unpaired) electrons. The maximum atomic E-state index is 12.5. The number of nitrogens with zero attached hydrogens (tertiary/aromatic N) is 1. The van der Waals surface area contributed by atoms with Gasteiger partial charge in [0.25, 0.3) is 0 Å². The number of alkyl halides is 3. The minimum Gasteiger partial charge on any atom is -0.440 e. The molecular formula is C16H19F3N2O3S. The minimum absolute atomic E-state index is 0.0193. The fourth-order valence-corrected chi connectivity index (χ4v) is 3.46. The highest BCUT2D eigenvalue weighted by Gasteiger charge is 2.29. The second-order valence-electron chi connectivity index (χ2n) is 5.60. The second kappa shape index (κ2) is 8.46. The maximum Gasteiger partial charge on any atom is 0.422 e. The van der Waals surface area contributed by atoms with Gasteiger partial charge in [-0.1, -0.05) is 19.1 Å². The van der Waals surface area contributed by atoms with E-state index in [1.807, 2.05) is 24.3 Å². The van der Waals surface area contributed by atoms with Gasteiger partial charge in [0.05, 0.1) is 5.69 Å². The van der Waals surface area contributed by atoms with Crippen molar-refractivity contribution in [1.29, 1.82) is 0 Å². The van der Waals surface area contributed by atoms with Crippen LogP contribution in [0.5, 0.6) is 0 Å². The molecule has 5 nitrogen and oxygen atoms in total. The van der Waals surface area contributed by atoms with Crippen molar-refractivity contribution in [3.05, 3.63) is 24.3 Å². The largest absolute Gasteiger partial charge is 0.440 e. The Morgan fingerprint density at radius 3 is 2.80 bits per heavy atom. The molecule has 2 rings (SSSR count). The number of carbonyl (C=O) groups is 2. The molecule has 1 aromatic rings. The molecule has 0 aromatic heterocycles. The third-order valence-electron chi connectivity index (χ3n) is 3.52. The number of fused-ring (bicyclic) bond motifs is 1. The highest BCUT2D eigenvalue weighted by Crippen LogP contribution is 2.37. The summed E-state index contributed by atoms with van der Waals surface area (Å²) in [7, 11) is 0. The molecule has 0 saturated carbocycles. The second-order valence-corrected chi connectivity index (χ2v) is 7.08. The Morgan fingerprint density at radius 1 is 1.36 bits per heavy atom. The van der Waals surface area contributed by atoms with Crippen molar-refractivity contribution in [2.45, 2.75) is 36.1 Å². The van der Waals surface area contributed by atoms with Crippen LogP contribution < -0.4 is 10.2 Å². The Labute approximate surface area is 147 Å². The van der Waals surface area contributed by atoms with Crippen molar-refractivity contribution in [3.63, 3.8) is 0 Å². The van der Waals surface area contributed by atoms with Gasteiger partial charge in [-0.15, -0.1) is 11.8 Å². The van der Waals surface area contributed by atoms with Crippen LogP contribution in [0.2, 0.25) is 0 Å². The maximum absolute atomic E-state index is 12.5. The standard InChI is InChI=1S/C16H19F3N2O3S/c1-11-7-9-21(12-4-2-3-5-13(12)25-11)14(22)6-8-20-15(23)24-10-16(17,18)19/h2-5,11H,6-10H2,1H3,(H,20,23). The van der Waals surface area contributed by atoms with Gasteiger partial charge < -0.3 is 15.0 Å². The highest BCUT2D eigenvalue weighted by atomic mass is 32.2. The zero-order valence-electron chi connectivity index (χ0n) is 13.6. The lowest BCUT2D eigenvalue weighted by Crippen LogP contribution is -2.36. The smallest absolute Gasteiger partial charge is 0.422 e. The molecule has 2 amide bonds. The van der Waals surface area contributed by atoms with E-state index in [1.165, 1.54) is 0 Å². The summed E-state index contributed by atoms with van der Waals surface area (Å²) >= 11 is 1.70. The number of benzene rings is 1. The van der Waals surface area contributed by atoms with E-state index in [4.69, 9.17) is 0 Å². The van der Waals surface area contributed by atoms with E-state index in [0.29, 0.717) is 11.8 Å². The van der Waals surface area contributed by atoms with Crippen LogP contribution in [-0.2, 0) is 9.53 Å². The summed E-state index contributed by atoms with van der Waals surface area (Å²) in [6.07, 6.45) is -4.96. The van der Waals surface area contributed by atoms with Crippen LogP contribution in [0.15, 0.2) is 29.2 Å². The van der Waals surface area contributed by atoms with Gasteiger partial charge in [0.2, 0.25) is 5.91 Å². The van der Waals surface area contributed by atoms with Crippen molar-refractivity contribution in [3.8, 4) is 0 Å². The average Bonchev–Trinajstić information content (AvgIpc) is 2.70. The van der Waals surface area contributed by atoms with E-state index < -0.39 is 18.9 Å². The van der Waals surface area contributed by atoms with Gasteiger partial charge in [-0.05, 0) is 18.6 Å². The third kappa shape index (κ3) is 6.15. The molecule has 0 bridgehead atoms. The van der Waals surface area contributed by atoms with E-state index in [0.717, 1.165) is 17.0 Å². The van der Waals surface area contributed by atoms with Crippen LogP contribution in [0, 0.1) is 0 Å². The normalized spacial score (nSPS) is 17.4. The predicted molar refractivity (Wildman–Crippen MR) is 88.8 cm³/mol. The Balaban J connectivity index is 1.87. The molecule has 0 fully saturated rings. The number of para-hydroxylation sites is 1. The number of halogens is 3. The van der Waals surface area contributed by atoms with Gasteiger partial charge in [-0.2, -0.15) is 13.2 Å². The first-order chi connectivity index (χ1) is 11.8. The molecule has 1 heterocycles. The quantitative estimate of drug-likeness (QED) is 0.873. The van der Waals surface area contributed by atoms with Crippen LogP contribution in [0.25, 0.3) is 0 Å². The highest BCUT2D eigenvalue weighted by molar-refractivity contribution is 8.00. The number of hydrogen-bond acceptors (Lipinski definition) is 4. The molecule has 1 unspecified atom stereocenters. The lowest BCUT2D eigenvalue weighted by Gasteiger charge is -2.22.